The van der Waals surface area contributed by atoms with Crippen LogP contribution in [0, 0.1) is 0 Å². The molecule has 1 fully saturated rings. The van der Waals surface area contributed by atoms with Crippen molar-refractivity contribution in [3.8, 4) is 11.3 Å². The summed E-state index contributed by atoms with van der Waals surface area (Å²) in [5.41, 5.74) is 0.556. The number of urea groups is 1. The van der Waals surface area contributed by atoms with Crippen LogP contribution >= 0.6 is 11.6 Å². The third kappa shape index (κ3) is 3.96. The van der Waals surface area contributed by atoms with Crippen molar-refractivity contribution in [3.05, 3.63) is 82.6 Å². The number of hydrogen-bond acceptors (Lipinski definition) is 5. The first-order chi connectivity index (χ1) is 14.8. The molecule has 9 heteroatoms. The molecule has 1 aromatic heterocycles. The minimum Gasteiger partial charge on any atom is -0.478 e. The number of benzene rings is 2. The molecule has 0 unspecified atom stereocenters. The summed E-state index contributed by atoms with van der Waals surface area (Å²) in [6.45, 7) is 0. The van der Waals surface area contributed by atoms with Gasteiger partial charge in [0.2, 0.25) is 0 Å². The molecule has 0 radical (unpaired) electrons. The van der Waals surface area contributed by atoms with Crippen molar-refractivity contribution in [2.45, 2.75) is 0 Å². The molecule has 1 aliphatic heterocycles. The van der Waals surface area contributed by atoms with Gasteiger partial charge in [-0.2, -0.15) is 0 Å². The van der Waals surface area contributed by atoms with Crippen LogP contribution in [0.15, 0.2) is 70.7 Å². The van der Waals surface area contributed by atoms with Gasteiger partial charge in [0.15, 0.2) is 0 Å². The van der Waals surface area contributed by atoms with Gasteiger partial charge in [0.25, 0.3) is 11.8 Å². The molecule has 2 aromatic carbocycles. The molecule has 154 valence electrons. The van der Waals surface area contributed by atoms with E-state index in [1.165, 1.54) is 48.5 Å². The van der Waals surface area contributed by atoms with Gasteiger partial charge in [0.05, 0.1) is 11.3 Å². The molecule has 1 aliphatic rings. The van der Waals surface area contributed by atoms with Crippen molar-refractivity contribution in [2.75, 3.05) is 4.90 Å². The number of imide groups is 2. The second-order valence-corrected chi connectivity index (χ2v) is 6.96. The Bertz CT molecular complexity index is 1260. The second kappa shape index (κ2) is 7.92. The third-order valence-corrected chi connectivity index (χ3v) is 4.75. The standard InChI is InChI=1S/C22H13ClN2O6/c23-14-4-6-15(7-5-14)25-20(27)17(19(26)24-22(25)30)11-16-8-9-18(31-16)12-2-1-3-13(10-12)21(28)29/h1-11H,(H,28,29)(H,24,26,30). The van der Waals surface area contributed by atoms with E-state index in [0.717, 1.165) is 4.90 Å². The Kier molecular flexibility index (Phi) is 5.14. The van der Waals surface area contributed by atoms with E-state index in [9.17, 15) is 19.2 Å². The maximum Gasteiger partial charge on any atom is 0.335 e. The molecule has 0 bridgehead atoms. The van der Waals surface area contributed by atoms with Gasteiger partial charge >= 0.3 is 12.0 Å². The van der Waals surface area contributed by atoms with E-state index in [4.69, 9.17) is 21.1 Å². The number of amides is 4. The summed E-state index contributed by atoms with van der Waals surface area (Å²) in [5.74, 6) is -2.22. The van der Waals surface area contributed by atoms with Gasteiger partial charge in [0.1, 0.15) is 17.1 Å². The lowest BCUT2D eigenvalue weighted by Gasteiger charge is -2.26. The number of barbiturate groups is 1. The van der Waals surface area contributed by atoms with Crippen LogP contribution in [0.3, 0.4) is 0 Å². The number of carboxylic acids is 1. The summed E-state index contributed by atoms with van der Waals surface area (Å²) in [5, 5.41) is 11.7. The maximum atomic E-state index is 12.9. The lowest BCUT2D eigenvalue weighted by atomic mass is 10.1. The summed E-state index contributed by atoms with van der Waals surface area (Å²) in [6, 6.07) is 14.4. The molecule has 0 spiro atoms. The van der Waals surface area contributed by atoms with E-state index in [0.29, 0.717) is 16.3 Å². The Morgan fingerprint density at radius 2 is 1.77 bits per heavy atom. The zero-order valence-corrected chi connectivity index (χ0v) is 16.4. The first-order valence-corrected chi connectivity index (χ1v) is 9.32. The fraction of sp³-hybridized carbons (Fsp3) is 0. The summed E-state index contributed by atoms with van der Waals surface area (Å²) in [6.07, 6.45) is 1.22. The average Bonchev–Trinajstić information content (AvgIpc) is 3.21. The van der Waals surface area contributed by atoms with E-state index in [2.05, 4.69) is 5.32 Å². The molecule has 1 saturated heterocycles. The van der Waals surface area contributed by atoms with Crippen LogP contribution < -0.4 is 10.2 Å². The van der Waals surface area contributed by atoms with E-state index in [-0.39, 0.29) is 22.6 Å². The minimum absolute atomic E-state index is 0.0905. The Morgan fingerprint density at radius 3 is 2.48 bits per heavy atom. The molecule has 0 atom stereocenters. The Morgan fingerprint density at radius 1 is 1.03 bits per heavy atom. The molecular formula is C22H13ClN2O6. The van der Waals surface area contributed by atoms with Crippen molar-refractivity contribution in [1.29, 1.82) is 0 Å². The number of anilines is 1. The minimum atomic E-state index is -1.08. The van der Waals surface area contributed by atoms with Crippen molar-refractivity contribution >= 4 is 47.2 Å². The molecule has 8 nitrogen and oxygen atoms in total. The first-order valence-electron chi connectivity index (χ1n) is 8.94. The lowest BCUT2D eigenvalue weighted by Crippen LogP contribution is -2.54. The molecule has 4 amide bonds. The SMILES string of the molecule is O=C1NC(=O)N(c2ccc(Cl)cc2)C(=O)C1=Cc1ccc(-c2cccc(C(=O)O)c2)o1. The van der Waals surface area contributed by atoms with Crippen molar-refractivity contribution < 1.29 is 28.7 Å². The normalized spacial score (nSPS) is 15.3. The van der Waals surface area contributed by atoms with E-state index in [1.54, 1.807) is 18.2 Å². The number of aromatic carboxylic acids is 1. The smallest absolute Gasteiger partial charge is 0.335 e. The monoisotopic (exact) mass is 436 g/mol. The highest BCUT2D eigenvalue weighted by atomic mass is 35.5. The number of carboxylic acid groups (broad SMARTS) is 1. The van der Waals surface area contributed by atoms with Crippen molar-refractivity contribution in [2.24, 2.45) is 0 Å². The number of carbonyl (C=O) groups excluding carboxylic acids is 3. The fourth-order valence-corrected chi connectivity index (χ4v) is 3.14. The van der Waals surface area contributed by atoms with Crippen molar-refractivity contribution in [3.63, 3.8) is 0 Å². The van der Waals surface area contributed by atoms with Gasteiger partial charge in [0, 0.05) is 10.6 Å². The highest BCUT2D eigenvalue weighted by molar-refractivity contribution is 6.39. The second-order valence-electron chi connectivity index (χ2n) is 6.52. The number of carbonyl (C=O) groups is 4. The van der Waals surface area contributed by atoms with Gasteiger partial charge in [-0.15, -0.1) is 0 Å². The predicted octanol–water partition coefficient (Wildman–Crippen LogP) is 3.96. The largest absolute Gasteiger partial charge is 0.478 e. The number of furan rings is 1. The quantitative estimate of drug-likeness (QED) is 0.472. The molecule has 3 aromatic rings. The topological polar surface area (TPSA) is 117 Å². The van der Waals surface area contributed by atoms with Gasteiger partial charge in [-0.25, -0.2) is 14.5 Å². The average molecular weight is 437 g/mol. The van der Waals surface area contributed by atoms with E-state index >= 15 is 0 Å². The summed E-state index contributed by atoms with van der Waals surface area (Å²) < 4.78 is 5.66. The number of nitrogens with one attached hydrogen (secondary N) is 1. The predicted molar refractivity (Wildman–Crippen MR) is 112 cm³/mol. The van der Waals surface area contributed by atoms with E-state index < -0.39 is 23.8 Å². The first kappa shape index (κ1) is 20.1. The zero-order valence-electron chi connectivity index (χ0n) is 15.7. The van der Waals surface area contributed by atoms with Crippen LogP contribution in [0.5, 0.6) is 0 Å². The van der Waals surface area contributed by atoms with Crippen LogP contribution in [-0.4, -0.2) is 28.9 Å². The van der Waals surface area contributed by atoms with Crippen molar-refractivity contribution in [1.82, 2.24) is 5.32 Å². The molecule has 0 saturated carbocycles. The van der Waals surface area contributed by atoms with Crippen LogP contribution in [0.25, 0.3) is 17.4 Å². The molecule has 4 rings (SSSR count). The van der Waals surface area contributed by atoms with Gasteiger partial charge < -0.3 is 9.52 Å². The maximum absolute atomic E-state index is 12.9. The highest BCUT2D eigenvalue weighted by Gasteiger charge is 2.37. The van der Waals surface area contributed by atoms with E-state index in [1.807, 2.05) is 0 Å². The molecule has 0 aliphatic carbocycles. The van der Waals surface area contributed by atoms with Crippen LogP contribution in [-0.2, 0) is 9.59 Å². The highest BCUT2D eigenvalue weighted by Crippen LogP contribution is 2.27. The number of nitrogens with zero attached hydrogens (tertiary/aromatic N) is 1. The molecular weight excluding hydrogens is 424 g/mol. The number of hydrogen-bond donors (Lipinski definition) is 2. The Hall–Kier alpha value is -4.17. The van der Waals surface area contributed by atoms with Gasteiger partial charge in [-0.3, -0.25) is 14.9 Å². The van der Waals surface area contributed by atoms with Gasteiger partial charge in [-0.05, 0) is 54.6 Å². The van der Waals surface area contributed by atoms with Crippen LogP contribution in [0.1, 0.15) is 16.1 Å². The van der Waals surface area contributed by atoms with Crippen LogP contribution in [0.2, 0.25) is 5.02 Å². The molecule has 2 N–H and O–H groups in total. The van der Waals surface area contributed by atoms with Crippen LogP contribution in [0.4, 0.5) is 10.5 Å². The lowest BCUT2D eigenvalue weighted by molar-refractivity contribution is -0.122. The molecule has 31 heavy (non-hydrogen) atoms. The summed E-state index contributed by atoms with van der Waals surface area (Å²) >= 11 is 5.85. The third-order valence-electron chi connectivity index (χ3n) is 4.49. The number of halogens is 1. The van der Waals surface area contributed by atoms with Gasteiger partial charge in [-0.1, -0.05) is 23.7 Å². The fourth-order valence-electron chi connectivity index (χ4n) is 3.02. The Balaban J connectivity index is 1.66. The summed E-state index contributed by atoms with van der Waals surface area (Å²) in [7, 11) is 0. The number of rotatable bonds is 4. The zero-order chi connectivity index (χ0) is 22.1. The Labute approximate surface area is 180 Å². The molecule has 2 heterocycles. The summed E-state index contributed by atoms with van der Waals surface area (Å²) in [4.78, 5) is 49.3.